The SMILES string of the molecule is CCCc1c(C(=O)N(CC)Cc2nc3ccccc3c(=O)[nH]2)[nH]c(C)c1C(=O)OC. The second-order valence-electron chi connectivity index (χ2n) is 7.07. The first-order valence-electron chi connectivity index (χ1n) is 9.98. The summed E-state index contributed by atoms with van der Waals surface area (Å²) in [4.78, 5) is 49.8. The van der Waals surface area contributed by atoms with Crippen LogP contribution in [0.2, 0.25) is 0 Å². The molecule has 0 bridgehead atoms. The third-order valence-corrected chi connectivity index (χ3v) is 5.07. The zero-order valence-electron chi connectivity index (χ0n) is 17.7. The van der Waals surface area contributed by atoms with Crippen molar-refractivity contribution in [3.05, 3.63) is 63.0 Å². The molecule has 0 saturated carbocycles. The van der Waals surface area contributed by atoms with Gasteiger partial charge in [0.2, 0.25) is 0 Å². The van der Waals surface area contributed by atoms with Gasteiger partial charge in [-0.2, -0.15) is 0 Å². The van der Waals surface area contributed by atoms with Crippen LogP contribution < -0.4 is 5.56 Å². The van der Waals surface area contributed by atoms with Crippen molar-refractivity contribution in [2.45, 2.75) is 40.2 Å². The van der Waals surface area contributed by atoms with E-state index in [0.717, 1.165) is 6.42 Å². The fraction of sp³-hybridized carbons (Fsp3) is 0.364. The molecule has 2 aromatic heterocycles. The average Bonchev–Trinajstić information content (AvgIpc) is 3.07. The second kappa shape index (κ2) is 8.94. The van der Waals surface area contributed by atoms with Crippen molar-refractivity contribution < 1.29 is 14.3 Å². The predicted molar refractivity (Wildman–Crippen MR) is 114 cm³/mol. The molecule has 3 rings (SSSR count). The van der Waals surface area contributed by atoms with Gasteiger partial charge >= 0.3 is 5.97 Å². The summed E-state index contributed by atoms with van der Waals surface area (Å²) in [5.74, 6) is -0.313. The number of aromatic nitrogens is 3. The molecule has 3 aromatic rings. The molecule has 0 radical (unpaired) electrons. The second-order valence-corrected chi connectivity index (χ2v) is 7.07. The van der Waals surface area contributed by atoms with Gasteiger partial charge in [0.05, 0.1) is 30.1 Å². The molecule has 158 valence electrons. The van der Waals surface area contributed by atoms with Gasteiger partial charge in [0.1, 0.15) is 11.5 Å². The highest BCUT2D eigenvalue weighted by Gasteiger charge is 2.27. The van der Waals surface area contributed by atoms with Crippen LogP contribution in [-0.2, 0) is 17.7 Å². The molecule has 0 atom stereocenters. The van der Waals surface area contributed by atoms with E-state index < -0.39 is 5.97 Å². The molecule has 30 heavy (non-hydrogen) atoms. The third kappa shape index (κ3) is 3.98. The van der Waals surface area contributed by atoms with Gasteiger partial charge in [-0.3, -0.25) is 9.59 Å². The number of hydrogen-bond donors (Lipinski definition) is 2. The number of nitrogens with one attached hydrogen (secondary N) is 2. The summed E-state index contributed by atoms with van der Waals surface area (Å²) < 4.78 is 4.90. The number of aryl methyl sites for hydroxylation is 1. The number of aromatic amines is 2. The van der Waals surface area contributed by atoms with E-state index in [4.69, 9.17) is 4.74 Å². The number of para-hydroxylation sites is 1. The average molecular weight is 410 g/mol. The molecule has 1 aromatic carbocycles. The zero-order chi connectivity index (χ0) is 21.8. The number of carbonyl (C=O) groups is 2. The number of fused-ring (bicyclic) bond motifs is 1. The maximum atomic E-state index is 13.3. The quantitative estimate of drug-likeness (QED) is 0.582. The largest absolute Gasteiger partial charge is 0.465 e. The summed E-state index contributed by atoms with van der Waals surface area (Å²) in [6, 6.07) is 7.07. The normalized spacial score (nSPS) is 10.9. The number of hydrogen-bond acceptors (Lipinski definition) is 5. The number of carbonyl (C=O) groups excluding carboxylic acids is 2. The minimum absolute atomic E-state index is 0.145. The molecular formula is C22H26N4O4. The van der Waals surface area contributed by atoms with E-state index in [1.54, 1.807) is 30.0 Å². The highest BCUT2D eigenvalue weighted by molar-refractivity contribution is 6.00. The van der Waals surface area contributed by atoms with E-state index in [1.807, 2.05) is 19.9 Å². The smallest absolute Gasteiger partial charge is 0.339 e. The van der Waals surface area contributed by atoms with Gasteiger partial charge in [0, 0.05) is 12.2 Å². The lowest BCUT2D eigenvalue weighted by Crippen LogP contribution is -2.33. The molecule has 0 saturated heterocycles. The standard InChI is InChI=1S/C22H26N4O4/c1-5-9-15-18(22(29)30-4)13(3)23-19(15)21(28)26(6-2)12-17-24-16-11-8-7-10-14(16)20(27)25-17/h7-8,10-11,23H,5-6,9,12H2,1-4H3,(H,24,25,27). The minimum Gasteiger partial charge on any atom is -0.465 e. The van der Waals surface area contributed by atoms with Crippen LogP contribution in [0.1, 0.15) is 58.2 Å². The lowest BCUT2D eigenvalue weighted by atomic mass is 10.0. The number of methoxy groups -OCH3 is 1. The first-order valence-corrected chi connectivity index (χ1v) is 9.98. The Labute approximate surface area is 174 Å². The van der Waals surface area contributed by atoms with Gasteiger partial charge in [0.15, 0.2) is 0 Å². The van der Waals surface area contributed by atoms with Crippen LogP contribution in [0.5, 0.6) is 0 Å². The molecule has 0 unspecified atom stereocenters. The number of ether oxygens (including phenoxy) is 1. The van der Waals surface area contributed by atoms with Gasteiger partial charge in [-0.25, -0.2) is 9.78 Å². The Morgan fingerprint density at radius 1 is 1.17 bits per heavy atom. The summed E-state index contributed by atoms with van der Waals surface area (Å²) in [6.45, 7) is 6.15. The molecule has 8 heteroatoms. The fourth-order valence-electron chi connectivity index (χ4n) is 3.61. The molecule has 0 aliphatic rings. The van der Waals surface area contributed by atoms with Crippen molar-refractivity contribution in [1.29, 1.82) is 0 Å². The minimum atomic E-state index is -0.463. The number of H-pyrrole nitrogens is 2. The molecule has 1 amide bonds. The fourth-order valence-corrected chi connectivity index (χ4v) is 3.61. The van der Waals surface area contributed by atoms with Gasteiger partial charge in [-0.15, -0.1) is 0 Å². The lowest BCUT2D eigenvalue weighted by Gasteiger charge is -2.20. The Kier molecular flexibility index (Phi) is 6.34. The van der Waals surface area contributed by atoms with Crippen molar-refractivity contribution in [2.75, 3.05) is 13.7 Å². The highest BCUT2D eigenvalue weighted by Crippen LogP contribution is 2.23. The Bertz CT molecular complexity index is 1150. The van der Waals surface area contributed by atoms with Crippen molar-refractivity contribution >= 4 is 22.8 Å². The van der Waals surface area contributed by atoms with Crippen LogP contribution in [0.25, 0.3) is 10.9 Å². The number of rotatable bonds is 7. The first kappa shape index (κ1) is 21.3. The molecule has 2 heterocycles. The van der Waals surface area contributed by atoms with Crippen molar-refractivity contribution in [2.24, 2.45) is 0 Å². The maximum absolute atomic E-state index is 13.3. The summed E-state index contributed by atoms with van der Waals surface area (Å²) in [6.07, 6.45) is 1.34. The highest BCUT2D eigenvalue weighted by atomic mass is 16.5. The van der Waals surface area contributed by atoms with E-state index >= 15 is 0 Å². The van der Waals surface area contributed by atoms with Crippen LogP contribution in [-0.4, -0.2) is 45.4 Å². The topological polar surface area (TPSA) is 108 Å². The van der Waals surface area contributed by atoms with Crippen LogP contribution in [0.3, 0.4) is 0 Å². The molecular weight excluding hydrogens is 384 g/mol. The summed E-state index contributed by atoms with van der Waals surface area (Å²) in [7, 11) is 1.33. The number of nitrogens with zero attached hydrogens (tertiary/aromatic N) is 2. The molecule has 0 spiro atoms. The maximum Gasteiger partial charge on any atom is 0.339 e. The Balaban J connectivity index is 1.97. The molecule has 0 aliphatic carbocycles. The monoisotopic (exact) mass is 410 g/mol. The predicted octanol–water partition coefficient (Wildman–Crippen LogP) is 2.96. The van der Waals surface area contributed by atoms with Gasteiger partial charge < -0.3 is 19.6 Å². The van der Waals surface area contributed by atoms with Crippen molar-refractivity contribution in [3.63, 3.8) is 0 Å². The number of benzene rings is 1. The number of amides is 1. The van der Waals surface area contributed by atoms with E-state index in [-0.39, 0.29) is 18.0 Å². The van der Waals surface area contributed by atoms with Crippen molar-refractivity contribution in [3.8, 4) is 0 Å². The number of esters is 1. The van der Waals surface area contributed by atoms with Crippen LogP contribution >= 0.6 is 0 Å². The van der Waals surface area contributed by atoms with Crippen LogP contribution in [0.15, 0.2) is 29.1 Å². The van der Waals surface area contributed by atoms with Gasteiger partial charge in [0.25, 0.3) is 11.5 Å². The Hall–Kier alpha value is -3.42. The molecule has 8 nitrogen and oxygen atoms in total. The molecule has 0 fully saturated rings. The first-order chi connectivity index (χ1) is 14.4. The van der Waals surface area contributed by atoms with E-state index in [1.165, 1.54) is 7.11 Å². The summed E-state index contributed by atoms with van der Waals surface area (Å²) >= 11 is 0. The van der Waals surface area contributed by atoms with E-state index in [0.29, 0.717) is 52.2 Å². The summed E-state index contributed by atoms with van der Waals surface area (Å²) in [5.41, 5.74) is 2.38. The van der Waals surface area contributed by atoms with E-state index in [2.05, 4.69) is 15.0 Å². The van der Waals surface area contributed by atoms with E-state index in [9.17, 15) is 14.4 Å². The molecule has 0 aliphatic heterocycles. The zero-order valence-corrected chi connectivity index (χ0v) is 17.7. The van der Waals surface area contributed by atoms with Crippen molar-refractivity contribution in [1.82, 2.24) is 19.9 Å². The lowest BCUT2D eigenvalue weighted by molar-refractivity contribution is 0.0599. The van der Waals surface area contributed by atoms with Crippen LogP contribution in [0.4, 0.5) is 0 Å². The van der Waals surface area contributed by atoms with Crippen LogP contribution in [0, 0.1) is 6.92 Å². The Morgan fingerprint density at radius 2 is 1.90 bits per heavy atom. The molecule has 2 N–H and O–H groups in total. The van der Waals surface area contributed by atoms with Gasteiger partial charge in [-0.1, -0.05) is 25.5 Å². The summed E-state index contributed by atoms with van der Waals surface area (Å²) in [5, 5.41) is 0.503. The van der Waals surface area contributed by atoms with Gasteiger partial charge in [-0.05, 0) is 38.0 Å². The third-order valence-electron chi connectivity index (χ3n) is 5.07. The Morgan fingerprint density at radius 3 is 2.57 bits per heavy atom.